The van der Waals surface area contributed by atoms with Crippen LogP contribution < -0.4 is 0 Å². The van der Waals surface area contributed by atoms with Crippen LogP contribution in [0.3, 0.4) is 0 Å². The number of ether oxygens (including phenoxy) is 1. The summed E-state index contributed by atoms with van der Waals surface area (Å²) in [6.07, 6.45) is 7.28. The number of rotatable bonds is 6. The number of hydrogen-bond donors (Lipinski definition) is 0. The first kappa shape index (κ1) is 16.7. The zero-order valence-electron chi connectivity index (χ0n) is 14.2. The summed E-state index contributed by atoms with van der Waals surface area (Å²) >= 11 is 1.44. The Morgan fingerprint density at radius 2 is 2.04 bits per heavy atom. The minimum absolute atomic E-state index is 0.345. The maximum Gasteiger partial charge on any atom is 0.339 e. The van der Waals surface area contributed by atoms with E-state index >= 15 is 0 Å². The SMILES string of the molecule is CCOC(=O)c1ccc(Sc2nnc(-c3ccncc3)n2C2CC2)nc1. The van der Waals surface area contributed by atoms with Gasteiger partial charge < -0.3 is 4.74 Å². The first-order chi connectivity index (χ1) is 12.8. The fourth-order valence-electron chi connectivity index (χ4n) is 2.58. The Bertz CT molecular complexity index is 907. The lowest BCUT2D eigenvalue weighted by atomic mass is 10.2. The molecule has 0 unspecified atom stereocenters. The Morgan fingerprint density at radius 3 is 2.69 bits per heavy atom. The largest absolute Gasteiger partial charge is 0.462 e. The first-order valence-corrected chi connectivity index (χ1v) is 9.24. The molecule has 0 spiro atoms. The normalized spacial score (nSPS) is 13.6. The van der Waals surface area contributed by atoms with Crippen LogP contribution in [0.2, 0.25) is 0 Å². The van der Waals surface area contributed by atoms with E-state index in [0.29, 0.717) is 18.2 Å². The summed E-state index contributed by atoms with van der Waals surface area (Å²) in [5.41, 5.74) is 1.44. The summed E-state index contributed by atoms with van der Waals surface area (Å²) in [5.74, 6) is 0.484. The summed E-state index contributed by atoms with van der Waals surface area (Å²) in [5, 5.41) is 10.3. The molecule has 0 amide bonds. The van der Waals surface area contributed by atoms with Gasteiger partial charge in [-0.3, -0.25) is 9.55 Å². The van der Waals surface area contributed by atoms with Gasteiger partial charge in [0.25, 0.3) is 0 Å². The molecule has 1 aliphatic carbocycles. The van der Waals surface area contributed by atoms with Gasteiger partial charge in [-0.2, -0.15) is 0 Å². The highest BCUT2D eigenvalue weighted by Crippen LogP contribution is 2.42. The van der Waals surface area contributed by atoms with E-state index in [2.05, 4.69) is 24.7 Å². The number of hydrogen-bond acceptors (Lipinski definition) is 7. The molecule has 132 valence electrons. The van der Waals surface area contributed by atoms with Gasteiger partial charge in [0.15, 0.2) is 11.0 Å². The minimum Gasteiger partial charge on any atom is -0.462 e. The first-order valence-electron chi connectivity index (χ1n) is 8.42. The van der Waals surface area contributed by atoms with Gasteiger partial charge in [-0.15, -0.1) is 10.2 Å². The van der Waals surface area contributed by atoms with Gasteiger partial charge in [0, 0.05) is 30.2 Å². The van der Waals surface area contributed by atoms with Crippen LogP contribution in [0.25, 0.3) is 11.4 Å². The van der Waals surface area contributed by atoms with Gasteiger partial charge in [-0.1, -0.05) is 0 Å². The van der Waals surface area contributed by atoms with Crippen molar-refractivity contribution in [3.8, 4) is 11.4 Å². The van der Waals surface area contributed by atoms with Crippen LogP contribution in [0.4, 0.5) is 0 Å². The van der Waals surface area contributed by atoms with Crippen LogP contribution >= 0.6 is 11.8 Å². The lowest BCUT2D eigenvalue weighted by molar-refractivity contribution is 0.0525. The minimum atomic E-state index is -0.363. The van der Waals surface area contributed by atoms with Crippen LogP contribution in [0, 0.1) is 0 Å². The average Bonchev–Trinajstić information content (AvgIpc) is 3.43. The third kappa shape index (κ3) is 3.45. The van der Waals surface area contributed by atoms with E-state index in [1.54, 1.807) is 31.5 Å². The quantitative estimate of drug-likeness (QED) is 0.618. The molecule has 1 aliphatic rings. The Kier molecular flexibility index (Phi) is 4.66. The number of carbonyl (C=O) groups excluding carboxylic acids is 1. The second-order valence-electron chi connectivity index (χ2n) is 5.85. The van der Waals surface area contributed by atoms with Crippen molar-refractivity contribution in [2.75, 3.05) is 6.61 Å². The van der Waals surface area contributed by atoms with Crippen molar-refractivity contribution >= 4 is 17.7 Å². The van der Waals surface area contributed by atoms with E-state index < -0.39 is 0 Å². The highest BCUT2D eigenvalue weighted by atomic mass is 32.2. The third-order valence-electron chi connectivity index (χ3n) is 3.96. The number of carbonyl (C=O) groups is 1. The lowest BCUT2D eigenvalue weighted by Gasteiger charge is -2.08. The van der Waals surface area contributed by atoms with Crippen LogP contribution in [0.15, 0.2) is 53.0 Å². The molecule has 0 radical (unpaired) electrons. The van der Waals surface area contributed by atoms with Crippen LogP contribution in [0.5, 0.6) is 0 Å². The molecule has 3 aromatic rings. The maximum absolute atomic E-state index is 11.7. The van der Waals surface area contributed by atoms with E-state index in [4.69, 9.17) is 4.74 Å². The highest BCUT2D eigenvalue weighted by molar-refractivity contribution is 7.99. The van der Waals surface area contributed by atoms with E-state index in [0.717, 1.165) is 34.4 Å². The third-order valence-corrected chi connectivity index (χ3v) is 4.87. The molecule has 0 aromatic carbocycles. The molecule has 0 bridgehead atoms. The molecule has 0 aliphatic heterocycles. The van der Waals surface area contributed by atoms with Crippen molar-refractivity contribution in [3.63, 3.8) is 0 Å². The molecule has 3 heterocycles. The predicted molar refractivity (Wildman–Crippen MR) is 95.8 cm³/mol. The molecule has 8 heteroatoms. The molecule has 7 nitrogen and oxygen atoms in total. The number of esters is 1. The van der Waals surface area contributed by atoms with E-state index in [-0.39, 0.29) is 5.97 Å². The summed E-state index contributed by atoms with van der Waals surface area (Å²) in [6.45, 7) is 2.12. The van der Waals surface area contributed by atoms with E-state index in [1.807, 2.05) is 12.1 Å². The van der Waals surface area contributed by atoms with Gasteiger partial charge >= 0.3 is 5.97 Å². The van der Waals surface area contributed by atoms with Crippen molar-refractivity contribution in [1.82, 2.24) is 24.7 Å². The highest BCUT2D eigenvalue weighted by Gasteiger charge is 2.30. The van der Waals surface area contributed by atoms with Crippen LogP contribution in [0.1, 0.15) is 36.2 Å². The van der Waals surface area contributed by atoms with Crippen molar-refractivity contribution < 1.29 is 9.53 Å². The van der Waals surface area contributed by atoms with Gasteiger partial charge in [-0.25, -0.2) is 9.78 Å². The number of pyridine rings is 2. The average molecular weight is 367 g/mol. The van der Waals surface area contributed by atoms with Crippen molar-refractivity contribution in [2.45, 2.75) is 36.0 Å². The second kappa shape index (κ2) is 7.25. The molecule has 4 rings (SSSR count). The fraction of sp³-hybridized carbons (Fsp3) is 0.278. The van der Waals surface area contributed by atoms with Crippen LogP contribution in [-0.2, 0) is 4.74 Å². The Balaban J connectivity index is 1.59. The standard InChI is InChI=1S/C18H17N5O2S/c1-2-25-17(24)13-3-6-15(20-11-13)26-18-22-21-16(23(18)14-4-5-14)12-7-9-19-10-8-12/h3,6-11,14H,2,4-5H2,1H3. The summed E-state index contributed by atoms with van der Waals surface area (Å²) in [4.78, 5) is 20.1. The number of nitrogens with zero attached hydrogens (tertiary/aromatic N) is 5. The predicted octanol–water partition coefficient (Wildman–Crippen LogP) is 3.40. The molecule has 0 N–H and O–H groups in total. The second-order valence-corrected chi connectivity index (χ2v) is 6.84. The molecule has 0 atom stereocenters. The van der Waals surface area contributed by atoms with Gasteiger partial charge in [0.2, 0.25) is 0 Å². The molecule has 3 aromatic heterocycles. The van der Waals surface area contributed by atoms with Gasteiger partial charge in [-0.05, 0) is 55.8 Å². The van der Waals surface area contributed by atoms with Gasteiger partial charge in [0.05, 0.1) is 12.2 Å². The topological polar surface area (TPSA) is 82.8 Å². The van der Waals surface area contributed by atoms with E-state index in [1.165, 1.54) is 18.0 Å². The Labute approximate surface area is 154 Å². The smallest absolute Gasteiger partial charge is 0.339 e. The molecule has 1 saturated carbocycles. The molecule has 0 saturated heterocycles. The van der Waals surface area contributed by atoms with Crippen LogP contribution in [-0.4, -0.2) is 37.3 Å². The molecule has 1 fully saturated rings. The molecular formula is C18H17N5O2S. The molecule has 26 heavy (non-hydrogen) atoms. The van der Waals surface area contributed by atoms with Gasteiger partial charge in [0.1, 0.15) is 5.03 Å². The fourth-order valence-corrected chi connectivity index (χ4v) is 3.42. The summed E-state index contributed by atoms with van der Waals surface area (Å²) in [7, 11) is 0. The maximum atomic E-state index is 11.7. The number of aromatic nitrogens is 5. The monoisotopic (exact) mass is 367 g/mol. The zero-order valence-corrected chi connectivity index (χ0v) is 15.0. The zero-order chi connectivity index (χ0) is 17.9. The van der Waals surface area contributed by atoms with Crippen molar-refractivity contribution in [3.05, 3.63) is 48.4 Å². The summed E-state index contributed by atoms with van der Waals surface area (Å²) in [6, 6.07) is 7.81. The Morgan fingerprint density at radius 1 is 1.23 bits per heavy atom. The lowest BCUT2D eigenvalue weighted by Crippen LogP contribution is -2.05. The van der Waals surface area contributed by atoms with E-state index in [9.17, 15) is 4.79 Å². The van der Waals surface area contributed by atoms with Crippen molar-refractivity contribution in [1.29, 1.82) is 0 Å². The van der Waals surface area contributed by atoms with Crippen molar-refractivity contribution in [2.24, 2.45) is 0 Å². The Hall–Kier alpha value is -2.74. The summed E-state index contributed by atoms with van der Waals surface area (Å²) < 4.78 is 7.15. The molecular weight excluding hydrogens is 350 g/mol.